The lowest BCUT2D eigenvalue weighted by Crippen LogP contribution is -2.26. The highest BCUT2D eigenvalue weighted by Gasteiger charge is 2.14. The number of carbonyl (C=O) groups is 2. The molecule has 0 spiro atoms. The van der Waals surface area contributed by atoms with Crippen LogP contribution in [-0.4, -0.2) is 31.5 Å². The first kappa shape index (κ1) is 22.9. The lowest BCUT2D eigenvalue weighted by molar-refractivity contribution is -0.114. The van der Waals surface area contributed by atoms with Gasteiger partial charge in [-0.25, -0.2) is 0 Å². The molecular formula is C26H29N3O3. The Morgan fingerprint density at radius 2 is 1.66 bits per heavy atom. The molecule has 166 valence electrons. The van der Waals surface area contributed by atoms with Crippen molar-refractivity contribution in [2.45, 2.75) is 26.4 Å². The van der Waals surface area contributed by atoms with E-state index in [2.05, 4.69) is 17.6 Å². The molecule has 1 unspecified atom stereocenters. The predicted molar refractivity (Wildman–Crippen MR) is 130 cm³/mol. The van der Waals surface area contributed by atoms with E-state index in [-0.39, 0.29) is 24.5 Å². The molecule has 0 bridgehead atoms. The molecule has 0 radical (unpaired) electrons. The molecule has 32 heavy (non-hydrogen) atoms. The van der Waals surface area contributed by atoms with Crippen molar-refractivity contribution in [3.63, 3.8) is 0 Å². The van der Waals surface area contributed by atoms with E-state index >= 15 is 0 Å². The second-order valence-corrected chi connectivity index (χ2v) is 7.54. The van der Waals surface area contributed by atoms with Gasteiger partial charge in [0, 0.05) is 29.7 Å². The minimum absolute atomic E-state index is 0.105. The van der Waals surface area contributed by atoms with Gasteiger partial charge < -0.3 is 20.3 Å². The van der Waals surface area contributed by atoms with Crippen LogP contribution >= 0.6 is 0 Å². The molecule has 3 rings (SSSR count). The van der Waals surface area contributed by atoms with Gasteiger partial charge in [0.05, 0.1) is 12.6 Å². The number of carbonyl (C=O) groups excluding carboxylic acids is 2. The molecule has 6 nitrogen and oxygen atoms in total. The smallest absolute Gasteiger partial charge is 0.258 e. The first-order valence-corrected chi connectivity index (χ1v) is 10.7. The second-order valence-electron chi connectivity index (χ2n) is 7.54. The van der Waals surface area contributed by atoms with Crippen molar-refractivity contribution in [1.29, 1.82) is 0 Å². The van der Waals surface area contributed by atoms with Gasteiger partial charge in [-0.15, -0.1) is 0 Å². The molecule has 3 aromatic rings. The van der Waals surface area contributed by atoms with Gasteiger partial charge in [-0.3, -0.25) is 9.59 Å². The maximum atomic E-state index is 12.8. The van der Waals surface area contributed by atoms with Gasteiger partial charge in [0.2, 0.25) is 5.91 Å². The Bertz CT molecular complexity index is 1040. The fourth-order valence-electron chi connectivity index (χ4n) is 3.05. The van der Waals surface area contributed by atoms with Crippen LogP contribution in [0.4, 0.5) is 17.1 Å². The van der Waals surface area contributed by atoms with Crippen molar-refractivity contribution in [2.75, 3.05) is 29.1 Å². The van der Waals surface area contributed by atoms with E-state index in [0.29, 0.717) is 11.3 Å². The zero-order chi connectivity index (χ0) is 22.9. The third-order valence-corrected chi connectivity index (χ3v) is 5.06. The van der Waals surface area contributed by atoms with E-state index < -0.39 is 0 Å². The summed E-state index contributed by atoms with van der Waals surface area (Å²) in [6.45, 7) is 4.21. The Morgan fingerprint density at radius 1 is 0.938 bits per heavy atom. The molecule has 0 fully saturated rings. The number of rotatable bonds is 9. The predicted octanol–water partition coefficient (Wildman–Crippen LogP) is 5.19. The fourth-order valence-corrected chi connectivity index (χ4v) is 3.05. The van der Waals surface area contributed by atoms with Crippen molar-refractivity contribution in [1.82, 2.24) is 0 Å². The molecule has 0 aromatic heterocycles. The highest BCUT2D eigenvalue weighted by atomic mass is 16.5. The summed E-state index contributed by atoms with van der Waals surface area (Å²) in [6.07, 6.45) is 1.10. The number of hydrogen-bond donors (Lipinski definition) is 2. The first-order valence-electron chi connectivity index (χ1n) is 10.7. The summed E-state index contributed by atoms with van der Waals surface area (Å²) in [5.41, 5.74) is 2.70. The van der Waals surface area contributed by atoms with E-state index in [0.717, 1.165) is 23.5 Å². The molecule has 3 aromatic carbocycles. The third kappa shape index (κ3) is 6.35. The third-order valence-electron chi connectivity index (χ3n) is 5.06. The van der Waals surface area contributed by atoms with Crippen LogP contribution < -0.4 is 20.3 Å². The van der Waals surface area contributed by atoms with Crippen LogP contribution in [0.2, 0.25) is 0 Å². The second kappa shape index (κ2) is 11.0. The topological polar surface area (TPSA) is 70.7 Å². The van der Waals surface area contributed by atoms with Crippen LogP contribution in [-0.2, 0) is 4.79 Å². The van der Waals surface area contributed by atoms with E-state index in [1.54, 1.807) is 36.2 Å². The number of hydrogen-bond acceptors (Lipinski definition) is 4. The zero-order valence-corrected chi connectivity index (χ0v) is 18.7. The molecule has 2 amide bonds. The van der Waals surface area contributed by atoms with Crippen LogP contribution in [0.15, 0.2) is 78.9 Å². The molecule has 1 atom stereocenters. The van der Waals surface area contributed by atoms with Crippen LogP contribution in [0.1, 0.15) is 30.6 Å². The van der Waals surface area contributed by atoms with Gasteiger partial charge >= 0.3 is 0 Å². The van der Waals surface area contributed by atoms with Gasteiger partial charge in [0.25, 0.3) is 5.91 Å². The van der Waals surface area contributed by atoms with Crippen molar-refractivity contribution in [2.24, 2.45) is 0 Å². The van der Waals surface area contributed by atoms with E-state index in [1.165, 1.54) is 0 Å². The monoisotopic (exact) mass is 431 g/mol. The lowest BCUT2D eigenvalue weighted by atomic mass is 10.1. The number of anilines is 3. The molecule has 0 aliphatic rings. The molecule has 0 saturated heterocycles. The summed E-state index contributed by atoms with van der Waals surface area (Å²) in [6, 6.07) is 23.9. The summed E-state index contributed by atoms with van der Waals surface area (Å²) in [5, 5.41) is 5.93. The van der Waals surface area contributed by atoms with Gasteiger partial charge in [-0.05, 0) is 67.9 Å². The van der Waals surface area contributed by atoms with Gasteiger partial charge in [-0.1, -0.05) is 31.2 Å². The highest BCUT2D eigenvalue weighted by Crippen LogP contribution is 2.19. The number of nitrogens with zero attached hydrogens (tertiary/aromatic N) is 1. The van der Waals surface area contributed by atoms with Crippen molar-refractivity contribution >= 4 is 28.9 Å². The maximum Gasteiger partial charge on any atom is 0.258 e. The number of benzene rings is 3. The summed E-state index contributed by atoms with van der Waals surface area (Å²) in [5.74, 6) is 0.451. The zero-order valence-electron chi connectivity index (χ0n) is 18.7. The Labute approximate surface area is 189 Å². The summed E-state index contributed by atoms with van der Waals surface area (Å²) >= 11 is 0. The summed E-state index contributed by atoms with van der Waals surface area (Å²) in [4.78, 5) is 26.8. The first-order chi connectivity index (χ1) is 15.5. The summed E-state index contributed by atoms with van der Waals surface area (Å²) in [7, 11) is 1.73. The minimum atomic E-state index is -0.203. The highest BCUT2D eigenvalue weighted by molar-refractivity contribution is 6.06. The van der Waals surface area contributed by atoms with Gasteiger partial charge in [0.1, 0.15) is 5.75 Å². The molecule has 0 aliphatic carbocycles. The average molecular weight is 432 g/mol. The van der Waals surface area contributed by atoms with E-state index in [9.17, 15) is 9.59 Å². The number of nitrogens with one attached hydrogen (secondary N) is 2. The van der Waals surface area contributed by atoms with Crippen molar-refractivity contribution in [3.8, 4) is 5.75 Å². The minimum Gasteiger partial charge on any atom is -0.491 e. The molecule has 2 N–H and O–H groups in total. The SMILES string of the molecule is CCC(C)Oc1ccc(NCC(=O)Nc2cccc(C(=O)N(C)c3ccccc3)c2)cc1. The van der Waals surface area contributed by atoms with E-state index in [4.69, 9.17) is 4.74 Å². The number of ether oxygens (including phenoxy) is 1. The number of para-hydroxylation sites is 1. The summed E-state index contributed by atoms with van der Waals surface area (Å²) < 4.78 is 5.76. The van der Waals surface area contributed by atoms with Gasteiger partial charge in [-0.2, -0.15) is 0 Å². The Balaban J connectivity index is 1.55. The Morgan fingerprint density at radius 3 is 2.34 bits per heavy atom. The van der Waals surface area contributed by atoms with Gasteiger partial charge in [0.15, 0.2) is 0 Å². The van der Waals surface area contributed by atoms with Crippen LogP contribution in [0.5, 0.6) is 5.75 Å². The Kier molecular flexibility index (Phi) is 7.86. The quantitative estimate of drug-likeness (QED) is 0.489. The standard InChI is InChI=1S/C26H29N3O3/c1-4-19(2)32-24-15-13-21(14-16-24)27-18-25(30)28-22-10-8-9-20(17-22)26(31)29(3)23-11-6-5-7-12-23/h5-17,19,27H,4,18H2,1-3H3,(H,28,30). The largest absolute Gasteiger partial charge is 0.491 e. The molecule has 0 heterocycles. The Hall–Kier alpha value is -3.80. The average Bonchev–Trinajstić information content (AvgIpc) is 2.83. The van der Waals surface area contributed by atoms with Crippen LogP contribution in [0.3, 0.4) is 0 Å². The van der Waals surface area contributed by atoms with Crippen molar-refractivity contribution in [3.05, 3.63) is 84.4 Å². The lowest BCUT2D eigenvalue weighted by Gasteiger charge is -2.18. The van der Waals surface area contributed by atoms with Crippen LogP contribution in [0.25, 0.3) is 0 Å². The molecule has 0 aliphatic heterocycles. The van der Waals surface area contributed by atoms with Crippen molar-refractivity contribution < 1.29 is 14.3 Å². The normalized spacial score (nSPS) is 11.3. The fraction of sp³-hybridized carbons (Fsp3) is 0.231. The number of amides is 2. The van der Waals surface area contributed by atoms with E-state index in [1.807, 2.05) is 61.5 Å². The molecular weight excluding hydrogens is 402 g/mol. The molecule has 6 heteroatoms. The van der Waals surface area contributed by atoms with Crippen LogP contribution in [0, 0.1) is 0 Å². The molecule has 0 saturated carbocycles. The maximum absolute atomic E-state index is 12.8.